The van der Waals surface area contributed by atoms with Gasteiger partial charge in [0.2, 0.25) is 0 Å². The third-order valence-corrected chi connectivity index (χ3v) is 8.05. The summed E-state index contributed by atoms with van der Waals surface area (Å²) in [5.74, 6) is 0. The van der Waals surface area contributed by atoms with E-state index in [4.69, 9.17) is 0 Å². The number of fused-ring (bicyclic) bond motifs is 8. The number of benzene rings is 4. The van der Waals surface area contributed by atoms with Gasteiger partial charge in [-0.15, -0.1) is 40.6 Å². The van der Waals surface area contributed by atoms with Crippen molar-refractivity contribution in [3.8, 4) is 11.1 Å². The van der Waals surface area contributed by atoms with Gasteiger partial charge in [0, 0.05) is 0 Å². The van der Waals surface area contributed by atoms with Crippen LogP contribution in [0.25, 0.3) is 32.7 Å². The second-order valence-corrected chi connectivity index (χ2v) is 11.2. The molecule has 0 spiro atoms. The molecule has 0 saturated carbocycles. The first kappa shape index (κ1) is 32.3. The summed E-state index contributed by atoms with van der Waals surface area (Å²) in [4.78, 5) is 0. The molecule has 5 aromatic carbocycles. The SMILES string of the molecule is CCCC[C](=[Zr+2])CCCC.[Cl-].[Cl-].[c-]1cccc2c1c1c(c3ccccc32)-c2ccccc2C1.c1cc[cH-]c1. The van der Waals surface area contributed by atoms with E-state index in [1.807, 2.05) is 36.4 Å². The van der Waals surface area contributed by atoms with Crippen molar-refractivity contribution in [2.75, 3.05) is 0 Å². The Hall–Kier alpha value is -1.92. The maximum Gasteiger partial charge on any atom is -0.0240 e. The first-order valence-corrected chi connectivity index (χ1v) is 14.6. The molecule has 0 amide bonds. The number of hydrogen-bond donors (Lipinski definition) is 0. The molecule has 3 heteroatoms. The first-order valence-electron chi connectivity index (χ1n) is 13.4. The quantitative estimate of drug-likeness (QED) is 0.197. The smallest absolute Gasteiger partial charge is 0.0240 e. The zero-order valence-electron chi connectivity index (χ0n) is 22.4. The fourth-order valence-electron chi connectivity index (χ4n) is 4.95. The molecular weight excluding hydrogens is 583 g/mol. The summed E-state index contributed by atoms with van der Waals surface area (Å²) in [6.45, 7) is 4.53. The van der Waals surface area contributed by atoms with Gasteiger partial charge in [-0.3, -0.25) is 0 Å². The summed E-state index contributed by atoms with van der Waals surface area (Å²) in [5, 5.41) is 5.30. The minimum absolute atomic E-state index is 0. The van der Waals surface area contributed by atoms with E-state index in [1.54, 1.807) is 27.4 Å². The molecule has 1 aliphatic rings. The summed E-state index contributed by atoms with van der Waals surface area (Å²) >= 11 is 1.67. The second-order valence-electron chi connectivity index (χ2n) is 9.46. The van der Waals surface area contributed by atoms with Gasteiger partial charge in [0.15, 0.2) is 0 Å². The van der Waals surface area contributed by atoms with Gasteiger partial charge >= 0.3 is 79.8 Å². The van der Waals surface area contributed by atoms with Crippen molar-refractivity contribution in [2.45, 2.75) is 58.8 Å². The van der Waals surface area contributed by atoms with Crippen LogP contribution in [-0.2, 0) is 30.7 Å². The van der Waals surface area contributed by atoms with Crippen LogP contribution in [-0.4, -0.2) is 3.21 Å². The Morgan fingerprint density at radius 2 is 1.37 bits per heavy atom. The van der Waals surface area contributed by atoms with Gasteiger partial charge in [0.25, 0.3) is 0 Å². The van der Waals surface area contributed by atoms with Crippen molar-refractivity contribution in [2.24, 2.45) is 0 Å². The van der Waals surface area contributed by atoms with Crippen LogP contribution in [0, 0.1) is 6.07 Å². The Bertz CT molecular complexity index is 1380. The molecule has 6 rings (SSSR count). The minimum atomic E-state index is 0. The molecule has 0 aromatic heterocycles. The first-order chi connectivity index (χ1) is 17.7. The maximum absolute atomic E-state index is 3.48. The van der Waals surface area contributed by atoms with Crippen LogP contribution in [0.5, 0.6) is 0 Å². The molecule has 0 bridgehead atoms. The predicted molar refractivity (Wildman–Crippen MR) is 155 cm³/mol. The van der Waals surface area contributed by atoms with Crippen molar-refractivity contribution >= 4 is 24.8 Å². The van der Waals surface area contributed by atoms with E-state index in [-0.39, 0.29) is 24.8 Å². The normalized spacial score (nSPS) is 10.6. The standard InChI is InChI=1S/C21H13.C9H18.C5H5.2ClH.Zr/c1-2-8-15-14(7-1)13-20-18-11-4-3-9-16(18)17-10-5-6-12-19(17)21(15)20;1-3-5-7-9-8-6-4-2;1-2-4-5-3-1;;;/h1-10,12H,13H2;3-8H2,1-2H3;1-5H;2*1H;/q-1;;-1;;;+2/p-2. The van der Waals surface area contributed by atoms with Crippen LogP contribution in [0.1, 0.15) is 63.5 Å². The Kier molecular flexibility index (Phi) is 14.4. The van der Waals surface area contributed by atoms with E-state index in [1.165, 1.54) is 82.3 Å². The maximum atomic E-state index is 3.48. The van der Waals surface area contributed by atoms with Gasteiger partial charge in [-0.2, -0.15) is 18.2 Å². The predicted octanol–water partition coefficient (Wildman–Crippen LogP) is 3.86. The Labute approximate surface area is 256 Å². The molecule has 0 fully saturated rings. The molecule has 0 unspecified atom stereocenters. The monoisotopic (exact) mass is 616 g/mol. The van der Waals surface area contributed by atoms with Crippen LogP contribution in [0.4, 0.5) is 0 Å². The van der Waals surface area contributed by atoms with E-state index < -0.39 is 0 Å². The van der Waals surface area contributed by atoms with Crippen molar-refractivity contribution in [1.82, 2.24) is 0 Å². The fourth-order valence-corrected chi connectivity index (χ4v) is 5.82. The number of hydrogen-bond acceptors (Lipinski definition) is 0. The average molecular weight is 619 g/mol. The van der Waals surface area contributed by atoms with Crippen molar-refractivity contribution < 1.29 is 49.0 Å². The van der Waals surface area contributed by atoms with Gasteiger partial charge in [-0.05, 0) is 28.5 Å². The molecule has 38 heavy (non-hydrogen) atoms. The largest absolute Gasteiger partial charge is 1.00 e. The molecule has 196 valence electrons. The number of unbranched alkanes of at least 4 members (excludes halogenated alkanes) is 2. The van der Waals surface area contributed by atoms with E-state index in [2.05, 4.69) is 80.6 Å². The number of halogens is 2. The van der Waals surface area contributed by atoms with E-state index in [0.717, 1.165) is 6.42 Å². The van der Waals surface area contributed by atoms with Gasteiger partial charge < -0.3 is 24.8 Å². The van der Waals surface area contributed by atoms with E-state index in [9.17, 15) is 0 Å². The topological polar surface area (TPSA) is 0 Å². The molecule has 0 radical (unpaired) electrons. The molecule has 0 nitrogen and oxygen atoms in total. The van der Waals surface area contributed by atoms with Gasteiger partial charge in [-0.25, -0.2) is 12.1 Å². The average Bonchev–Trinajstić information content (AvgIpc) is 3.63. The summed E-state index contributed by atoms with van der Waals surface area (Å²) < 4.78 is 1.79. The van der Waals surface area contributed by atoms with Crippen LogP contribution in [0.2, 0.25) is 0 Å². The molecule has 0 N–H and O–H groups in total. The summed E-state index contributed by atoms with van der Waals surface area (Å²) in [6.07, 6.45) is 9.33. The van der Waals surface area contributed by atoms with Gasteiger partial charge in [0.1, 0.15) is 0 Å². The Morgan fingerprint density at radius 3 is 2.00 bits per heavy atom. The molecule has 1 aliphatic carbocycles. The van der Waals surface area contributed by atoms with Crippen LogP contribution >= 0.6 is 0 Å². The minimum Gasteiger partial charge on any atom is -1.00 e. The fraction of sp³-hybridized carbons (Fsp3) is 0.257. The van der Waals surface area contributed by atoms with E-state index in [0.29, 0.717) is 0 Å². The van der Waals surface area contributed by atoms with Crippen molar-refractivity contribution in [3.05, 3.63) is 114 Å². The van der Waals surface area contributed by atoms with Crippen LogP contribution in [0.15, 0.2) is 97.1 Å². The van der Waals surface area contributed by atoms with Crippen LogP contribution < -0.4 is 24.8 Å². The second kappa shape index (κ2) is 16.9. The third kappa shape index (κ3) is 8.05. The van der Waals surface area contributed by atoms with Crippen molar-refractivity contribution in [1.29, 1.82) is 0 Å². The summed E-state index contributed by atoms with van der Waals surface area (Å²) in [7, 11) is 0. The summed E-state index contributed by atoms with van der Waals surface area (Å²) in [5.41, 5.74) is 5.67. The molecule has 0 heterocycles. The Morgan fingerprint density at radius 1 is 0.763 bits per heavy atom. The van der Waals surface area contributed by atoms with E-state index >= 15 is 0 Å². The van der Waals surface area contributed by atoms with Crippen molar-refractivity contribution in [3.63, 3.8) is 0 Å². The molecular formula is C35H36Cl2Zr-2. The Balaban J connectivity index is 0.000000253. The van der Waals surface area contributed by atoms with Gasteiger partial charge in [-0.1, -0.05) is 53.9 Å². The van der Waals surface area contributed by atoms with Gasteiger partial charge in [0.05, 0.1) is 0 Å². The molecule has 0 atom stereocenters. The summed E-state index contributed by atoms with van der Waals surface area (Å²) in [6, 6.07) is 37.3. The third-order valence-electron chi connectivity index (χ3n) is 6.82. The zero-order chi connectivity index (χ0) is 25.2. The number of rotatable bonds is 6. The zero-order valence-corrected chi connectivity index (χ0v) is 26.4. The van der Waals surface area contributed by atoms with Crippen LogP contribution in [0.3, 0.4) is 0 Å². The molecule has 5 aromatic rings. The molecule has 0 aliphatic heterocycles. The molecule has 0 saturated heterocycles.